The molecule has 1 N–H and O–H groups in total. The maximum absolute atomic E-state index is 5.43. The average molecular weight is 374 g/mol. The van der Waals surface area contributed by atoms with Gasteiger partial charge in [0.05, 0.1) is 7.11 Å². The van der Waals surface area contributed by atoms with Gasteiger partial charge >= 0.3 is 0 Å². The first-order valence-corrected chi connectivity index (χ1v) is 9.76. The zero-order valence-corrected chi connectivity index (χ0v) is 16.5. The molecule has 0 aliphatic carbocycles. The summed E-state index contributed by atoms with van der Waals surface area (Å²) in [4.78, 5) is 11.7. The fourth-order valence-electron chi connectivity index (χ4n) is 3.70. The van der Waals surface area contributed by atoms with Gasteiger partial charge in [0.15, 0.2) is 0 Å². The van der Waals surface area contributed by atoms with Gasteiger partial charge in [0.1, 0.15) is 11.6 Å². The van der Waals surface area contributed by atoms with E-state index in [0.29, 0.717) is 5.95 Å². The SMILES string of the molecule is COc1ccccc1CCNc1nc(C)cc(N2CCc3ccccc3C2)n1. The summed E-state index contributed by atoms with van der Waals surface area (Å²) in [7, 11) is 1.71. The lowest BCUT2D eigenvalue weighted by atomic mass is 10.00. The zero-order chi connectivity index (χ0) is 19.3. The van der Waals surface area contributed by atoms with Gasteiger partial charge in [-0.05, 0) is 42.5 Å². The van der Waals surface area contributed by atoms with Gasteiger partial charge in [-0.1, -0.05) is 42.5 Å². The average Bonchev–Trinajstić information content (AvgIpc) is 2.73. The Labute approximate surface area is 166 Å². The van der Waals surface area contributed by atoms with Crippen LogP contribution in [0.3, 0.4) is 0 Å². The monoisotopic (exact) mass is 374 g/mol. The van der Waals surface area contributed by atoms with Crippen LogP contribution in [0.2, 0.25) is 0 Å². The molecule has 3 aromatic rings. The molecule has 2 aromatic carbocycles. The van der Waals surface area contributed by atoms with Crippen LogP contribution in [0.15, 0.2) is 54.6 Å². The highest BCUT2D eigenvalue weighted by atomic mass is 16.5. The summed E-state index contributed by atoms with van der Waals surface area (Å²) >= 11 is 0. The molecule has 5 nitrogen and oxygen atoms in total. The molecule has 1 aromatic heterocycles. The fourth-order valence-corrected chi connectivity index (χ4v) is 3.70. The first kappa shape index (κ1) is 18.3. The number of methoxy groups -OCH3 is 1. The van der Waals surface area contributed by atoms with E-state index in [9.17, 15) is 0 Å². The van der Waals surface area contributed by atoms with Crippen LogP contribution in [0.1, 0.15) is 22.4 Å². The van der Waals surface area contributed by atoms with Gasteiger partial charge in [-0.15, -0.1) is 0 Å². The number of fused-ring (bicyclic) bond motifs is 1. The molecular formula is C23H26N4O. The highest BCUT2D eigenvalue weighted by molar-refractivity contribution is 5.48. The predicted octanol–water partition coefficient (Wildman–Crippen LogP) is 4.01. The summed E-state index contributed by atoms with van der Waals surface area (Å²) in [6, 6.07) is 18.8. The van der Waals surface area contributed by atoms with Crippen molar-refractivity contribution >= 4 is 11.8 Å². The minimum atomic E-state index is 0.684. The highest BCUT2D eigenvalue weighted by Crippen LogP contribution is 2.24. The van der Waals surface area contributed by atoms with Crippen LogP contribution in [-0.2, 0) is 19.4 Å². The van der Waals surface area contributed by atoms with Crippen LogP contribution in [0.4, 0.5) is 11.8 Å². The lowest BCUT2D eigenvalue weighted by molar-refractivity contribution is 0.410. The Morgan fingerprint density at radius 2 is 1.82 bits per heavy atom. The van der Waals surface area contributed by atoms with E-state index in [2.05, 4.69) is 51.6 Å². The normalized spacial score (nSPS) is 13.1. The van der Waals surface area contributed by atoms with Crippen molar-refractivity contribution in [3.63, 3.8) is 0 Å². The van der Waals surface area contributed by atoms with Crippen molar-refractivity contribution < 1.29 is 4.74 Å². The van der Waals surface area contributed by atoms with Crippen molar-refractivity contribution in [3.8, 4) is 5.75 Å². The minimum absolute atomic E-state index is 0.684. The van der Waals surface area contributed by atoms with Crippen LogP contribution in [0.25, 0.3) is 0 Å². The largest absolute Gasteiger partial charge is 0.496 e. The topological polar surface area (TPSA) is 50.3 Å². The molecule has 2 heterocycles. The van der Waals surface area contributed by atoms with E-state index in [1.54, 1.807) is 7.11 Å². The van der Waals surface area contributed by atoms with E-state index < -0.39 is 0 Å². The van der Waals surface area contributed by atoms with Gasteiger partial charge in [-0.3, -0.25) is 0 Å². The van der Waals surface area contributed by atoms with Crippen LogP contribution in [0.5, 0.6) is 5.75 Å². The van der Waals surface area contributed by atoms with E-state index in [0.717, 1.165) is 49.7 Å². The van der Waals surface area contributed by atoms with Crippen LogP contribution < -0.4 is 15.0 Å². The number of aryl methyl sites for hydroxylation is 1. The molecule has 0 saturated heterocycles. The number of anilines is 2. The van der Waals surface area contributed by atoms with Gasteiger partial charge < -0.3 is 15.0 Å². The standard InChI is InChI=1S/C23H26N4O/c1-17-15-22(27-14-12-18-7-3-4-9-20(18)16-27)26-23(25-17)24-13-11-19-8-5-6-10-21(19)28-2/h3-10,15H,11-14,16H2,1-2H3,(H,24,25,26). The van der Waals surface area contributed by atoms with E-state index in [4.69, 9.17) is 9.72 Å². The number of hydrogen-bond donors (Lipinski definition) is 1. The van der Waals surface area contributed by atoms with Gasteiger partial charge in [-0.2, -0.15) is 4.98 Å². The maximum atomic E-state index is 5.43. The van der Waals surface area contributed by atoms with Crippen molar-refractivity contribution in [2.75, 3.05) is 30.4 Å². The molecule has 0 unspecified atom stereocenters. The molecule has 1 aliphatic rings. The van der Waals surface area contributed by atoms with Crippen molar-refractivity contribution in [2.45, 2.75) is 26.3 Å². The summed E-state index contributed by atoms with van der Waals surface area (Å²) in [5.41, 5.74) is 4.98. The Bertz CT molecular complexity index is 957. The third-order valence-electron chi connectivity index (χ3n) is 5.17. The molecule has 0 bridgehead atoms. The van der Waals surface area contributed by atoms with Crippen molar-refractivity contribution in [1.82, 2.24) is 9.97 Å². The van der Waals surface area contributed by atoms with E-state index in [1.807, 2.05) is 25.1 Å². The molecule has 0 fully saturated rings. The lowest BCUT2D eigenvalue weighted by Crippen LogP contribution is -2.31. The number of ether oxygens (including phenoxy) is 1. The molecule has 0 amide bonds. The number of para-hydroxylation sites is 1. The summed E-state index contributed by atoms with van der Waals surface area (Å²) in [5, 5.41) is 3.38. The van der Waals surface area contributed by atoms with Crippen molar-refractivity contribution in [1.29, 1.82) is 0 Å². The molecule has 4 rings (SSSR count). The lowest BCUT2D eigenvalue weighted by Gasteiger charge is -2.30. The third-order valence-corrected chi connectivity index (χ3v) is 5.17. The predicted molar refractivity (Wildman–Crippen MR) is 113 cm³/mol. The molecule has 1 aliphatic heterocycles. The van der Waals surface area contributed by atoms with Crippen LogP contribution >= 0.6 is 0 Å². The van der Waals surface area contributed by atoms with Crippen LogP contribution in [0, 0.1) is 6.92 Å². The third kappa shape index (κ3) is 4.09. The van der Waals surface area contributed by atoms with E-state index in [1.165, 1.54) is 16.7 Å². The van der Waals surface area contributed by atoms with E-state index >= 15 is 0 Å². The van der Waals surface area contributed by atoms with Crippen molar-refractivity contribution in [3.05, 3.63) is 77.0 Å². The zero-order valence-electron chi connectivity index (χ0n) is 16.5. The second-order valence-corrected chi connectivity index (χ2v) is 7.12. The van der Waals surface area contributed by atoms with Gasteiger partial charge in [0, 0.05) is 31.4 Å². The van der Waals surface area contributed by atoms with Crippen molar-refractivity contribution in [2.24, 2.45) is 0 Å². The Morgan fingerprint density at radius 1 is 1.04 bits per heavy atom. The molecule has 0 saturated carbocycles. The molecule has 28 heavy (non-hydrogen) atoms. The fraction of sp³-hybridized carbons (Fsp3) is 0.304. The number of nitrogens with zero attached hydrogens (tertiary/aromatic N) is 3. The summed E-state index contributed by atoms with van der Waals surface area (Å²) in [6.07, 6.45) is 1.91. The minimum Gasteiger partial charge on any atom is -0.496 e. The number of benzene rings is 2. The molecule has 144 valence electrons. The van der Waals surface area contributed by atoms with E-state index in [-0.39, 0.29) is 0 Å². The van der Waals surface area contributed by atoms with Gasteiger partial charge in [0.2, 0.25) is 5.95 Å². The number of rotatable bonds is 6. The maximum Gasteiger partial charge on any atom is 0.224 e. The number of aromatic nitrogens is 2. The number of hydrogen-bond acceptors (Lipinski definition) is 5. The molecule has 0 spiro atoms. The molecule has 5 heteroatoms. The van der Waals surface area contributed by atoms with Gasteiger partial charge in [0.25, 0.3) is 0 Å². The molecular weight excluding hydrogens is 348 g/mol. The second-order valence-electron chi connectivity index (χ2n) is 7.12. The number of nitrogens with one attached hydrogen (secondary N) is 1. The molecule has 0 radical (unpaired) electrons. The summed E-state index contributed by atoms with van der Waals surface area (Å²) in [6.45, 7) is 4.65. The first-order chi connectivity index (χ1) is 13.7. The summed E-state index contributed by atoms with van der Waals surface area (Å²) < 4.78 is 5.43. The van der Waals surface area contributed by atoms with Gasteiger partial charge in [-0.25, -0.2) is 4.98 Å². The second kappa shape index (κ2) is 8.30. The molecule has 0 atom stereocenters. The smallest absolute Gasteiger partial charge is 0.224 e. The first-order valence-electron chi connectivity index (χ1n) is 9.76. The highest BCUT2D eigenvalue weighted by Gasteiger charge is 2.18. The summed E-state index contributed by atoms with van der Waals surface area (Å²) in [5.74, 6) is 2.59. The quantitative estimate of drug-likeness (QED) is 0.706. The Balaban J connectivity index is 1.44. The Kier molecular flexibility index (Phi) is 5.42. The Morgan fingerprint density at radius 3 is 2.68 bits per heavy atom. The van der Waals surface area contributed by atoms with Crippen LogP contribution in [-0.4, -0.2) is 30.2 Å². The Hall–Kier alpha value is -3.08.